The lowest BCUT2D eigenvalue weighted by Crippen LogP contribution is -2.51. The highest BCUT2D eigenvalue weighted by Gasteiger charge is 2.33. The van der Waals surface area contributed by atoms with Crippen molar-refractivity contribution in [3.8, 4) is 0 Å². The lowest BCUT2D eigenvalue weighted by Gasteiger charge is -2.29. The number of amides is 1. The molecule has 0 aromatic heterocycles. The van der Waals surface area contributed by atoms with Gasteiger partial charge < -0.3 is 14.6 Å². The summed E-state index contributed by atoms with van der Waals surface area (Å²) < 4.78 is 5.82. The Kier molecular flexibility index (Phi) is 7.92. The number of carbonyl (C=O) groups excluding carboxylic acids is 2. The van der Waals surface area contributed by atoms with Crippen molar-refractivity contribution in [2.75, 3.05) is 18.1 Å². The summed E-state index contributed by atoms with van der Waals surface area (Å²) in [6.07, 6.45) is 1.88. The Bertz CT molecular complexity index is 902. The number of rotatable bonds is 10. The molecule has 0 saturated heterocycles. The van der Waals surface area contributed by atoms with E-state index in [0.717, 1.165) is 17.4 Å². The number of para-hydroxylation sites is 1. The van der Waals surface area contributed by atoms with Gasteiger partial charge in [-0.3, -0.25) is 19.8 Å². The molecule has 31 heavy (non-hydrogen) atoms. The number of carbonyl (C=O) groups is 3. The Morgan fingerprint density at radius 3 is 2.61 bits per heavy atom. The van der Waals surface area contributed by atoms with Gasteiger partial charge in [-0.15, -0.1) is 0 Å². The van der Waals surface area contributed by atoms with Crippen LogP contribution in [0.2, 0.25) is 0 Å². The van der Waals surface area contributed by atoms with E-state index in [0.29, 0.717) is 31.6 Å². The lowest BCUT2D eigenvalue weighted by atomic mass is 9.96. The van der Waals surface area contributed by atoms with E-state index in [2.05, 4.69) is 5.32 Å². The molecule has 1 aliphatic heterocycles. The van der Waals surface area contributed by atoms with Crippen molar-refractivity contribution in [1.29, 1.82) is 0 Å². The number of carboxylic acid groups (broad SMARTS) is 1. The van der Waals surface area contributed by atoms with Gasteiger partial charge in [0.2, 0.25) is 5.91 Å². The summed E-state index contributed by atoms with van der Waals surface area (Å²) in [4.78, 5) is 37.8. The number of fused-ring (bicyclic) bond motifs is 1. The summed E-state index contributed by atoms with van der Waals surface area (Å²) in [5.41, 5.74) is 2.45. The van der Waals surface area contributed by atoms with Crippen molar-refractivity contribution in [1.82, 2.24) is 5.32 Å². The van der Waals surface area contributed by atoms with Crippen LogP contribution in [0.5, 0.6) is 0 Å². The van der Waals surface area contributed by atoms with Crippen LogP contribution in [-0.2, 0) is 25.5 Å². The average molecular weight is 424 g/mol. The maximum absolute atomic E-state index is 13.3. The molecular formula is C24H28N2O5. The fourth-order valence-electron chi connectivity index (χ4n) is 3.98. The second kappa shape index (κ2) is 10.8. The highest BCUT2D eigenvalue weighted by atomic mass is 16.5. The number of hydrogen-bond acceptors (Lipinski definition) is 5. The number of carboxylic acids is 1. The van der Waals surface area contributed by atoms with Gasteiger partial charge in [0.15, 0.2) is 0 Å². The Morgan fingerprint density at radius 2 is 1.94 bits per heavy atom. The minimum Gasteiger partial charge on any atom is -0.480 e. The molecule has 0 radical (unpaired) electrons. The third-order valence-corrected chi connectivity index (χ3v) is 5.46. The van der Waals surface area contributed by atoms with E-state index >= 15 is 0 Å². The number of ether oxygens (including phenoxy) is 1. The first-order valence-corrected chi connectivity index (χ1v) is 10.5. The van der Waals surface area contributed by atoms with Gasteiger partial charge in [0.1, 0.15) is 19.1 Å². The maximum atomic E-state index is 13.3. The summed E-state index contributed by atoms with van der Waals surface area (Å²) in [6, 6.07) is 16.2. The lowest BCUT2D eigenvalue weighted by molar-refractivity contribution is -0.137. The zero-order valence-electron chi connectivity index (χ0n) is 17.6. The highest BCUT2D eigenvalue weighted by molar-refractivity contribution is 6.01. The van der Waals surface area contributed by atoms with E-state index in [1.54, 1.807) is 12.1 Å². The van der Waals surface area contributed by atoms with Crippen LogP contribution in [0.4, 0.5) is 5.69 Å². The number of nitrogens with zero attached hydrogens (tertiary/aromatic N) is 1. The van der Waals surface area contributed by atoms with E-state index < -0.39 is 24.8 Å². The summed E-state index contributed by atoms with van der Waals surface area (Å²) in [5.74, 6) is -1.76. The van der Waals surface area contributed by atoms with Gasteiger partial charge in [-0.05, 0) is 37.0 Å². The van der Waals surface area contributed by atoms with Gasteiger partial charge in [-0.2, -0.15) is 0 Å². The Morgan fingerprint density at radius 1 is 1.23 bits per heavy atom. The Hall–Kier alpha value is -3.03. The van der Waals surface area contributed by atoms with Crippen molar-refractivity contribution in [3.63, 3.8) is 0 Å². The largest absolute Gasteiger partial charge is 0.480 e. The molecule has 3 unspecified atom stereocenters. The Labute approximate surface area is 182 Å². The number of hydrogen-bond donors (Lipinski definition) is 2. The quantitative estimate of drug-likeness (QED) is 0.450. The van der Waals surface area contributed by atoms with Crippen LogP contribution in [0.15, 0.2) is 54.6 Å². The van der Waals surface area contributed by atoms with Gasteiger partial charge >= 0.3 is 5.97 Å². The van der Waals surface area contributed by atoms with E-state index in [-0.39, 0.29) is 11.8 Å². The summed E-state index contributed by atoms with van der Waals surface area (Å²) in [6.45, 7) is 1.86. The van der Waals surface area contributed by atoms with Crippen molar-refractivity contribution in [2.45, 2.75) is 44.4 Å². The Balaban J connectivity index is 1.80. The van der Waals surface area contributed by atoms with Gasteiger partial charge in [-0.25, -0.2) is 0 Å². The van der Waals surface area contributed by atoms with Gasteiger partial charge in [0.05, 0.1) is 6.04 Å². The molecule has 1 heterocycles. The molecule has 3 atom stereocenters. The fourth-order valence-corrected chi connectivity index (χ4v) is 3.98. The first kappa shape index (κ1) is 22.7. The van der Waals surface area contributed by atoms with Crippen LogP contribution < -0.4 is 10.2 Å². The average Bonchev–Trinajstić information content (AvgIpc) is 2.90. The van der Waals surface area contributed by atoms with Crippen LogP contribution in [-0.4, -0.2) is 48.7 Å². The fraction of sp³-hybridized carbons (Fsp3) is 0.375. The van der Waals surface area contributed by atoms with Crippen LogP contribution in [0.3, 0.4) is 0 Å². The SMILES string of the molecule is CCOC(CC(C=O)c1ccccc1)NC1CCc2ccccc2N(CC(=O)O)C1=O. The molecule has 0 saturated carbocycles. The minimum atomic E-state index is -1.07. The van der Waals surface area contributed by atoms with E-state index in [1.807, 2.05) is 49.4 Å². The van der Waals surface area contributed by atoms with Crippen LogP contribution in [0.25, 0.3) is 0 Å². The molecule has 2 aromatic rings. The molecule has 1 amide bonds. The number of aldehydes is 1. The molecule has 0 bridgehead atoms. The van der Waals surface area contributed by atoms with E-state index in [9.17, 15) is 19.5 Å². The highest BCUT2D eigenvalue weighted by Crippen LogP contribution is 2.28. The zero-order chi connectivity index (χ0) is 22.2. The molecule has 7 nitrogen and oxygen atoms in total. The summed E-state index contributed by atoms with van der Waals surface area (Å²) in [5, 5.41) is 12.6. The first-order chi connectivity index (χ1) is 15.0. The number of benzene rings is 2. The van der Waals surface area contributed by atoms with E-state index in [4.69, 9.17) is 4.74 Å². The molecule has 2 aromatic carbocycles. The smallest absolute Gasteiger partial charge is 0.323 e. The molecule has 1 aliphatic rings. The number of aryl methyl sites for hydroxylation is 1. The normalized spacial score (nSPS) is 18.0. The third-order valence-electron chi connectivity index (χ3n) is 5.46. The molecule has 164 valence electrons. The number of anilines is 1. The maximum Gasteiger partial charge on any atom is 0.323 e. The second-order valence-corrected chi connectivity index (χ2v) is 7.54. The zero-order valence-corrected chi connectivity index (χ0v) is 17.6. The predicted octanol–water partition coefficient (Wildman–Crippen LogP) is 2.74. The molecule has 3 rings (SSSR count). The van der Waals surface area contributed by atoms with Gasteiger partial charge in [0.25, 0.3) is 0 Å². The standard InChI is InChI=1S/C24H28N2O5/c1-2-31-22(14-19(16-27)17-8-4-3-5-9-17)25-20-13-12-18-10-6-7-11-21(18)26(24(20)30)15-23(28)29/h3-11,16,19-20,22,25H,2,12-15H2,1H3,(H,28,29). The first-order valence-electron chi connectivity index (χ1n) is 10.5. The van der Waals surface area contributed by atoms with Crippen molar-refractivity contribution in [2.24, 2.45) is 0 Å². The summed E-state index contributed by atoms with van der Waals surface area (Å²) >= 11 is 0. The van der Waals surface area contributed by atoms with Crippen LogP contribution in [0, 0.1) is 0 Å². The van der Waals surface area contributed by atoms with Crippen LogP contribution in [0.1, 0.15) is 36.8 Å². The molecule has 2 N–H and O–H groups in total. The molecular weight excluding hydrogens is 396 g/mol. The van der Waals surface area contributed by atoms with Gasteiger partial charge in [0, 0.05) is 24.6 Å². The van der Waals surface area contributed by atoms with Gasteiger partial charge in [-0.1, -0.05) is 48.5 Å². The summed E-state index contributed by atoms with van der Waals surface area (Å²) in [7, 11) is 0. The molecule has 0 fully saturated rings. The second-order valence-electron chi connectivity index (χ2n) is 7.54. The monoisotopic (exact) mass is 424 g/mol. The van der Waals surface area contributed by atoms with Crippen molar-refractivity contribution >= 4 is 23.9 Å². The molecule has 7 heteroatoms. The third kappa shape index (κ3) is 5.77. The topological polar surface area (TPSA) is 95.9 Å². The van der Waals surface area contributed by atoms with Crippen molar-refractivity contribution < 1.29 is 24.2 Å². The predicted molar refractivity (Wildman–Crippen MR) is 117 cm³/mol. The molecule has 0 aliphatic carbocycles. The minimum absolute atomic E-state index is 0.306. The number of aliphatic carboxylic acids is 1. The van der Waals surface area contributed by atoms with E-state index in [1.165, 1.54) is 4.90 Å². The molecule has 0 spiro atoms. The number of nitrogens with one attached hydrogen (secondary N) is 1. The van der Waals surface area contributed by atoms with Crippen molar-refractivity contribution in [3.05, 3.63) is 65.7 Å². The van der Waals surface area contributed by atoms with Crippen LogP contribution >= 0.6 is 0 Å².